The fourth-order valence-corrected chi connectivity index (χ4v) is 4.44. The number of aromatic nitrogens is 2. The SMILES string of the molecule is COc1ccc2c(c1)C(=O)N(C[C@@H](C#Cc1ccc(-c3nc(-c4cccnc4)ccc3O)cc1)NC(=O)NC=O)C2. The smallest absolute Gasteiger partial charge is 0.322 e. The van der Waals surface area contributed by atoms with Crippen molar-refractivity contribution in [2.24, 2.45) is 0 Å². The fraction of sp³-hybridized carbons (Fsp3) is 0.129. The molecule has 2 aromatic heterocycles. The van der Waals surface area contributed by atoms with Crippen LogP contribution in [0, 0.1) is 11.8 Å². The minimum atomic E-state index is -0.767. The molecule has 41 heavy (non-hydrogen) atoms. The Morgan fingerprint density at radius 2 is 1.98 bits per heavy atom. The van der Waals surface area contributed by atoms with Gasteiger partial charge in [-0.25, -0.2) is 9.78 Å². The number of aromatic hydroxyl groups is 1. The number of imide groups is 1. The molecule has 0 saturated heterocycles. The van der Waals surface area contributed by atoms with Gasteiger partial charge in [-0.2, -0.15) is 0 Å². The molecular formula is C31H25N5O5. The highest BCUT2D eigenvalue weighted by Crippen LogP contribution is 2.30. The predicted octanol–water partition coefficient (Wildman–Crippen LogP) is 3.36. The van der Waals surface area contributed by atoms with Gasteiger partial charge in [-0.1, -0.05) is 30.0 Å². The first-order valence-corrected chi connectivity index (χ1v) is 12.6. The molecule has 4 amide bonds. The van der Waals surface area contributed by atoms with Gasteiger partial charge in [0, 0.05) is 41.2 Å². The highest BCUT2D eigenvalue weighted by Gasteiger charge is 2.29. The molecule has 5 rings (SSSR count). The van der Waals surface area contributed by atoms with Crippen LogP contribution >= 0.6 is 0 Å². The number of methoxy groups -OCH3 is 1. The molecule has 1 aliphatic rings. The third kappa shape index (κ3) is 6.15. The Bertz CT molecular complexity index is 1660. The molecule has 4 aromatic rings. The second kappa shape index (κ2) is 12.0. The summed E-state index contributed by atoms with van der Waals surface area (Å²) in [5, 5.41) is 15.1. The Balaban J connectivity index is 1.35. The van der Waals surface area contributed by atoms with E-state index in [-0.39, 0.29) is 24.6 Å². The molecule has 0 bridgehead atoms. The Morgan fingerprint density at radius 1 is 1.15 bits per heavy atom. The minimum absolute atomic E-state index is 0.0378. The van der Waals surface area contributed by atoms with E-state index >= 15 is 0 Å². The monoisotopic (exact) mass is 547 g/mol. The standard InChI is InChI=1S/C31H25N5O5/c1-41-25-11-9-23-17-36(30(39)26(23)15-25)18-24(34-31(40)33-19-37)10-6-20-4-7-21(8-5-20)29-28(38)13-12-27(35-29)22-3-2-14-32-16-22/h2-5,7-9,11-16,19,24,38H,17-18H2,1H3,(H2,33,34,37,40)/t24-/m1/s1. The lowest BCUT2D eigenvalue weighted by Crippen LogP contribution is -2.46. The summed E-state index contributed by atoms with van der Waals surface area (Å²) in [5.41, 5.74) is 4.63. The van der Waals surface area contributed by atoms with E-state index in [2.05, 4.69) is 27.1 Å². The van der Waals surface area contributed by atoms with E-state index in [1.165, 1.54) is 7.11 Å². The van der Waals surface area contributed by atoms with Crippen molar-refractivity contribution in [1.29, 1.82) is 0 Å². The molecule has 204 valence electrons. The van der Waals surface area contributed by atoms with Crippen molar-refractivity contribution < 1.29 is 24.2 Å². The number of urea groups is 1. The Hall–Kier alpha value is -5.69. The fourth-order valence-electron chi connectivity index (χ4n) is 4.44. The summed E-state index contributed by atoms with van der Waals surface area (Å²) in [6.45, 7) is 0.461. The molecular weight excluding hydrogens is 522 g/mol. The summed E-state index contributed by atoms with van der Waals surface area (Å²) in [6, 6.07) is 17.9. The quantitative estimate of drug-likeness (QED) is 0.239. The van der Waals surface area contributed by atoms with Crippen LogP contribution < -0.4 is 15.4 Å². The molecule has 10 nitrogen and oxygen atoms in total. The maximum absolute atomic E-state index is 13.0. The summed E-state index contributed by atoms with van der Waals surface area (Å²) in [4.78, 5) is 46.2. The summed E-state index contributed by atoms with van der Waals surface area (Å²) < 4.78 is 5.23. The van der Waals surface area contributed by atoms with Crippen molar-refractivity contribution in [3.63, 3.8) is 0 Å². The van der Waals surface area contributed by atoms with Gasteiger partial charge in [-0.05, 0) is 54.1 Å². The molecule has 3 heterocycles. The highest BCUT2D eigenvalue weighted by molar-refractivity contribution is 5.98. The number of pyridine rings is 2. The molecule has 1 atom stereocenters. The van der Waals surface area contributed by atoms with Crippen molar-refractivity contribution in [2.45, 2.75) is 12.6 Å². The van der Waals surface area contributed by atoms with E-state index in [0.29, 0.717) is 40.4 Å². The van der Waals surface area contributed by atoms with E-state index in [0.717, 1.165) is 11.1 Å². The van der Waals surface area contributed by atoms with Gasteiger partial charge in [0.1, 0.15) is 23.2 Å². The van der Waals surface area contributed by atoms with Crippen molar-refractivity contribution in [3.05, 3.63) is 95.8 Å². The number of nitrogens with one attached hydrogen (secondary N) is 2. The number of carbonyl (C=O) groups excluding carboxylic acids is 3. The van der Waals surface area contributed by atoms with Gasteiger partial charge >= 0.3 is 6.03 Å². The van der Waals surface area contributed by atoms with Crippen LogP contribution in [0.3, 0.4) is 0 Å². The molecule has 10 heteroatoms. The molecule has 0 radical (unpaired) electrons. The minimum Gasteiger partial charge on any atom is -0.506 e. The lowest BCUT2D eigenvalue weighted by molar-refractivity contribution is -0.108. The van der Waals surface area contributed by atoms with Gasteiger partial charge in [0.25, 0.3) is 5.91 Å². The topological polar surface area (TPSA) is 134 Å². The first kappa shape index (κ1) is 26.9. The average Bonchev–Trinajstić information content (AvgIpc) is 3.31. The molecule has 1 aliphatic heterocycles. The van der Waals surface area contributed by atoms with Gasteiger partial charge in [-0.15, -0.1) is 0 Å². The van der Waals surface area contributed by atoms with E-state index in [1.54, 1.807) is 65.8 Å². The van der Waals surface area contributed by atoms with Crippen molar-refractivity contribution in [1.82, 2.24) is 25.5 Å². The summed E-state index contributed by atoms with van der Waals surface area (Å²) in [5.74, 6) is 6.43. The van der Waals surface area contributed by atoms with Gasteiger partial charge in [0.2, 0.25) is 6.41 Å². The Morgan fingerprint density at radius 3 is 2.71 bits per heavy atom. The molecule has 0 aliphatic carbocycles. The van der Waals surface area contributed by atoms with E-state index in [4.69, 9.17) is 4.74 Å². The van der Waals surface area contributed by atoms with Gasteiger partial charge in [-0.3, -0.25) is 19.9 Å². The number of hydrogen-bond acceptors (Lipinski definition) is 7. The van der Waals surface area contributed by atoms with Gasteiger partial charge in [0.05, 0.1) is 19.3 Å². The second-order valence-electron chi connectivity index (χ2n) is 9.15. The highest BCUT2D eigenvalue weighted by atomic mass is 16.5. The van der Waals surface area contributed by atoms with Crippen LogP contribution in [0.1, 0.15) is 21.5 Å². The molecule has 2 aromatic carbocycles. The Kier molecular flexibility index (Phi) is 7.88. The molecule has 0 spiro atoms. The van der Waals surface area contributed by atoms with Crippen LogP contribution in [-0.4, -0.2) is 58.0 Å². The Labute approximate surface area is 236 Å². The molecule has 3 N–H and O–H groups in total. The van der Waals surface area contributed by atoms with Crippen LogP contribution in [-0.2, 0) is 11.3 Å². The number of ether oxygens (including phenoxy) is 1. The molecule has 0 saturated carbocycles. The third-order valence-corrected chi connectivity index (χ3v) is 6.47. The van der Waals surface area contributed by atoms with Gasteiger partial charge in [0.15, 0.2) is 0 Å². The zero-order valence-electron chi connectivity index (χ0n) is 22.0. The second-order valence-corrected chi connectivity index (χ2v) is 9.15. The zero-order valence-corrected chi connectivity index (χ0v) is 22.0. The summed E-state index contributed by atoms with van der Waals surface area (Å²) in [7, 11) is 1.53. The maximum atomic E-state index is 13.0. The largest absolute Gasteiger partial charge is 0.506 e. The molecule has 0 unspecified atom stereocenters. The summed E-state index contributed by atoms with van der Waals surface area (Å²) >= 11 is 0. The maximum Gasteiger partial charge on any atom is 0.322 e. The molecule has 0 fully saturated rings. The number of hydrogen-bond donors (Lipinski definition) is 3. The van der Waals surface area contributed by atoms with Crippen LogP contribution in [0.4, 0.5) is 4.79 Å². The van der Waals surface area contributed by atoms with Crippen molar-refractivity contribution in [2.75, 3.05) is 13.7 Å². The number of amides is 4. The lowest BCUT2D eigenvalue weighted by atomic mass is 10.1. The number of rotatable bonds is 7. The van der Waals surface area contributed by atoms with Crippen LogP contribution in [0.2, 0.25) is 0 Å². The number of benzene rings is 2. The lowest BCUT2D eigenvalue weighted by Gasteiger charge is -2.21. The zero-order chi connectivity index (χ0) is 28.8. The van der Waals surface area contributed by atoms with Crippen molar-refractivity contribution in [3.8, 4) is 45.9 Å². The number of carbonyl (C=O) groups is 3. The van der Waals surface area contributed by atoms with E-state index in [1.807, 2.05) is 23.5 Å². The normalized spacial score (nSPS) is 12.5. The first-order valence-electron chi connectivity index (χ1n) is 12.6. The van der Waals surface area contributed by atoms with E-state index in [9.17, 15) is 19.5 Å². The van der Waals surface area contributed by atoms with E-state index < -0.39 is 12.1 Å². The average molecular weight is 548 g/mol. The first-order chi connectivity index (χ1) is 19.9. The predicted molar refractivity (Wildman–Crippen MR) is 151 cm³/mol. The van der Waals surface area contributed by atoms with Crippen LogP contribution in [0.25, 0.3) is 22.5 Å². The number of nitrogens with zero attached hydrogens (tertiary/aromatic N) is 3. The third-order valence-electron chi connectivity index (χ3n) is 6.47. The van der Waals surface area contributed by atoms with Gasteiger partial charge < -0.3 is 20.1 Å². The van der Waals surface area contributed by atoms with Crippen LogP contribution in [0.5, 0.6) is 11.5 Å². The number of fused-ring (bicyclic) bond motifs is 1. The van der Waals surface area contributed by atoms with Crippen LogP contribution in [0.15, 0.2) is 79.1 Å². The summed E-state index contributed by atoms with van der Waals surface area (Å²) in [6.07, 6.45) is 3.65. The van der Waals surface area contributed by atoms with Crippen molar-refractivity contribution >= 4 is 18.3 Å².